The van der Waals surface area contributed by atoms with Crippen molar-refractivity contribution in [3.05, 3.63) is 24.0 Å². The normalized spacial score (nSPS) is 11.5. The molecule has 12 heavy (non-hydrogen) atoms. The fraction of sp³-hybridized carbons (Fsp3) is 0.444. The number of hydrogen-bond acceptors (Lipinski definition) is 1. The van der Waals surface area contributed by atoms with E-state index in [-0.39, 0.29) is 11.8 Å². The lowest BCUT2D eigenvalue weighted by atomic mass is 9.86. The molecule has 1 rings (SSSR count). The standard InChI is InChI=1S/C9H13NO2/c1-9(2,6-8(11)12)7-4-3-5-10-7/h3-5,10H,6H2,1-2H3,(H,11,12). The number of nitrogens with one attached hydrogen (secondary N) is 1. The number of H-pyrrole nitrogens is 1. The van der Waals surface area contributed by atoms with Gasteiger partial charge in [0, 0.05) is 17.3 Å². The number of rotatable bonds is 3. The van der Waals surface area contributed by atoms with E-state index >= 15 is 0 Å². The number of aliphatic carboxylic acids is 1. The van der Waals surface area contributed by atoms with Crippen LogP contribution in [-0.4, -0.2) is 16.1 Å². The third kappa shape index (κ3) is 1.87. The third-order valence-electron chi connectivity index (χ3n) is 1.92. The van der Waals surface area contributed by atoms with Gasteiger partial charge in [-0.15, -0.1) is 0 Å². The van der Waals surface area contributed by atoms with Gasteiger partial charge < -0.3 is 10.1 Å². The highest BCUT2D eigenvalue weighted by molar-refractivity contribution is 5.68. The molecule has 0 aliphatic heterocycles. The minimum Gasteiger partial charge on any atom is -0.481 e. The van der Waals surface area contributed by atoms with Gasteiger partial charge in [-0.1, -0.05) is 13.8 Å². The quantitative estimate of drug-likeness (QED) is 0.720. The van der Waals surface area contributed by atoms with Crippen LogP contribution in [0.15, 0.2) is 18.3 Å². The van der Waals surface area contributed by atoms with Gasteiger partial charge in [-0.05, 0) is 12.1 Å². The molecule has 0 saturated carbocycles. The van der Waals surface area contributed by atoms with Crippen molar-refractivity contribution in [3.63, 3.8) is 0 Å². The van der Waals surface area contributed by atoms with E-state index in [0.29, 0.717) is 0 Å². The van der Waals surface area contributed by atoms with E-state index in [1.54, 1.807) is 6.20 Å². The second kappa shape index (κ2) is 3.01. The molecule has 3 heteroatoms. The van der Waals surface area contributed by atoms with Crippen molar-refractivity contribution >= 4 is 5.97 Å². The highest BCUT2D eigenvalue weighted by Gasteiger charge is 2.24. The van der Waals surface area contributed by atoms with Gasteiger partial charge >= 0.3 is 5.97 Å². The molecule has 0 spiro atoms. The molecule has 0 amide bonds. The molecule has 0 radical (unpaired) electrons. The fourth-order valence-electron chi connectivity index (χ4n) is 1.22. The van der Waals surface area contributed by atoms with E-state index in [1.807, 2.05) is 26.0 Å². The van der Waals surface area contributed by atoms with Crippen LogP contribution >= 0.6 is 0 Å². The molecule has 0 aliphatic carbocycles. The maximum Gasteiger partial charge on any atom is 0.304 e. The topological polar surface area (TPSA) is 53.1 Å². The van der Waals surface area contributed by atoms with Crippen LogP contribution in [0, 0.1) is 0 Å². The lowest BCUT2D eigenvalue weighted by molar-refractivity contribution is -0.138. The van der Waals surface area contributed by atoms with Crippen LogP contribution in [0.5, 0.6) is 0 Å². The Kier molecular flexibility index (Phi) is 2.22. The molecular weight excluding hydrogens is 154 g/mol. The second-order valence-corrected chi connectivity index (χ2v) is 3.54. The molecule has 0 bridgehead atoms. The first-order valence-corrected chi connectivity index (χ1v) is 3.88. The Morgan fingerprint density at radius 1 is 1.67 bits per heavy atom. The van der Waals surface area contributed by atoms with E-state index in [1.165, 1.54) is 0 Å². The van der Waals surface area contributed by atoms with E-state index in [0.717, 1.165) is 5.69 Å². The van der Waals surface area contributed by atoms with Crippen molar-refractivity contribution in [2.45, 2.75) is 25.7 Å². The molecule has 0 saturated heterocycles. The number of carboxylic acid groups (broad SMARTS) is 1. The molecule has 1 aromatic heterocycles. The first kappa shape index (κ1) is 8.84. The molecule has 1 aromatic rings. The molecule has 0 fully saturated rings. The van der Waals surface area contributed by atoms with E-state index in [9.17, 15) is 4.79 Å². The van der Waals surface area contributed by atoms with Crippen LogP contribution in [0.3, 0.4) is 0 Å². The second-order valence-electron chi connectivity index (χ2n) is 3.54. The molecular formula is C9H13NO2. The molecule has 0 atom stereocenters. The smallest absolute Gasteiger partial charge is 0.304 e. The summed E-state index contributed by atoms with van der Waals surface area (Å²) in [6.45, 7) is 3.82. The van der Waals surface area contributed by atoms with Crippen LogP contribution in [0.4, 0.5) is 0 Å². The zero-order valence-electron chi connectivity index (χ0n) is 7.29. The average Bonchev–Trinajstić information content (AvgIpc) is 2.32. The molecule has 0 aliphatic rings. The van der Waals surface area contributed by atoms with Gasteiger partial charge in [-0.25, -0.2) is 0 Å². The largest absolute Gasteiger partial charge is 0.481 e. The number of carbonyl (C=O) groups is 1. The minimum atomic E-state index is -0.769. The molecule has 66 valence electrons. The summed E-state index contributed by atoms with van der Waals surface area (Å²) in [6, 6.07) is 3.78. The Morgan fingerprint density at radius 3 is 2.75 bits per heavy atom. The highest BCUT2D eigenvalue weighted by atomic mass is 16.4. The summed E-state index contributed by atoms with van der Waals surface area (Å²) < 4.78 is 0. The van der Waals surface area contributed by atoms with Gasteiger partial charge in [0.2, 0.25) is 0 Å². The lowest BCUT2D eigenvalue weighted by Gasteiger charge is -2.20. The zero-order valence-corrected chi connectivity index (χ0v) is 7.29. The van der Waals surface area contributed by atoms with Crippen molar-refractivity contribution in [1.82, 2.24) is 4.98 Å². The van der Waals surface area contributed by atoms with Gasteiger partial charge in [0.15, 0.2) is 0 Å². The first-order chi connectivity index (χ1) is 5.52. The Hall–Kier alpha value is -1.25. The van der Waals surface area contributed by atoms with Crippen molar-refractivity contribution in [2.24, 2.45) is 0 Å². The molecule has 2 N–H and O–H groups in total. The van der Waals surface area contributed by atoms with Gasteiger partial charge in [0.05, 0.1) is 6.42 Å². The maximum atomic E-state index is 10.5. The van der Waals surface area contributed by atoms with Gasteiger partial charge in [0.1, 0.15) is 0 Å². The monoisotopic (exact) mass is 167 g/mol. The third-order valence-corrected chi connectivity index (χ3v) is 1.92. The Balaban J connectivity index is 2.79. The Morgan fingerprint density at radius 2 is 2.33 bits per heavy atom. The van der Waals surface area contributed by atoms with E-state index in [2.05, 4.69) is 4.98 Å². The van der Waals surface area contributed by atoms with Gasteiger partial charge in [-0.3, -0.25) is 4.79 Å². The van der Waals surface area contributed by atoms with Gasteiger partial charge in [-0.2, -0.15) is 0 Å². The summed E-state index contributed by atoms with van der Waals surface area (Å²) in [7, 11) is 0. The van der Waals surface area contributed by atoms with Crippen LogP contribution in [-0.2, 0) is 10.2 Å². The summed E-state index contributed by atoms with van der Waals surface area (Å²) in [5.41, 5.74) is 0.653. The summed E-state index contributed by atoms with van der Waals surface area (Å²) in [5.74, 6) is -0.769. The molecule has 0 unspecified atom stereocenters. The fourth-order valence-corrected chi connectivity index (χ4v) is 1.22. The SMILES string of the molecule is CC(C)(CC(=O)O)c1ccc[nH]1. The van der Waals surface area contributed by atoms with Crippen LogP contribution in [0.1, 0.15) is 26.0 Å². The van der Waals surface area contributed by atoms with Crippen molar-refractivity contribution in [2.75, 3.05) is 0 Å². The molecule has 1 heterocycles. The summed E-state index contributed by atoms with van der Waals surface area (Å²) in [4.78, 5) is 13.5. The van der Waals surface area contributed by atoms with Crippen LogP contribution < -0.4 is 0 Å². The van der Waals surface area contributed by atoms with Crippen molar-refractivity contribution < 1.29 is 9.90 Å². The predicted molar refractivity (Wildman–Crippen MR) is 46.1 cm³/mol. The Labute approximate surface area is 71.4 Å². The Bertz CT molecular complexity index is 262. The van der Waals surface area contributed by atoms with Crippen molar-refractivity contribution in [1.29, 1.82) is 0 Å². The van der Waals surface area contributed by atoms with Crippen molar-refractivity contribution in [3.8, 4) is 0 Å². The maximum absolute atomic E-state index is 10.5. The summed E-state index contributed by atoms with van der Waals surface area (Å²) in [5, 5.41) is 8.63. The van der Waals surface area contributed by atoms with Crippen LogP contribution in [0.25, 0.3) is 0 Å². The number of hydrogen-bond donors (Lipinski definition) is 2. The minimum absolute atomic E-state index is 0.146. The molecule has 0 aromatic carbocycles. The summed E-state index contributed by atoms with van der Waals surface area (Å²) >= 11 is 0. The zero-order chi connectivity index (χ0) is 9.19. The van der Waals surface area contributed by atoms with E-state index < -0.39 is 5.97 Å². The number of carboxylic acids is 1. The summed E-state index contributed by atoms with van der Waals surface area (Å²) in [6.07, 6.45) is 1.95. The van der Waals surface area contributed by atoms with Gasteiger partial charge in [0.25, 0.3) is 0 Å². The predicted octanol–water partition coefficient (Wildman–Crippen LogP) is 1.77. The van der Waals surface area contributed by atoms with Crippen LogP contribution in [0.2, 0.25) is 0 Å². The average molecular weight is 167 g/mol. The van der Waals surface area contributed by atoms with E-state index in [4.69, 9.17) is 5.11 Å². The highest BCUT2D eigenvalue weighted by Crippen LogP contribution is 2.24. The number of aromatic amines is 1. The first-order valence-electron chi connectivity index (χ1n) is 3.88. The lowest BCUT2D eigenvalue weighted by Crippen LogP contribution is -2.21. The number of aromatic nitrogens is 1. The molecule has 3 nitrogen and oxygen atoms in total.